The average molecular weight is 213 g/mol. The van der Waals surface area contributed by atoms with E-state index in [-0.39, 0.29) is 0 Å². The summed E-state index contributed by atoms with van der Waals surface area (Å²) >= 11 is 1.89. The Balaban J connectivity index is 2.26. The molecule has 1 atom stereocenters. The summed E-state index contributed by atoms with van der Waals surface area (Å²) in [6.07, 6.45) is 8.12. The highest BCUT2D eigenvalue weighted by Gasteiger charge is 2.09. The van der Waals surface area contributed by atoms with Crippen LogP contribution in [0, 0.1) is 0 Å². The minimum absolute atomic E-state index is 0.381. The summed E-state index contributed by atoms with van der Waals surface area (Å²) in [5.41, 5.74) is 0. The lowest BCUT2D eigenvalue weighted by Crippen LogP contribution is -2.23. The van der Waals surface area contributed by atoms with Crippen LogP contribution in [0.25, 0.3) is 0 Å². The van der Waals surface area contributed by atoms with E-state index >= 15 is 0 Å². The van der Waals surface area contributed by atoms with Crippen molar-refractivity contribution >= 4 is 11.8 Å². The van der Waals surface area contributed by atoms with Crippen molar-refractivity contribution in [3.05, 3.63) is 18.2 Å². The van der Waals surface area contributed by atoms with Crippen LogP contribution in [0.2, 0.25) is 0 Å². The summed E-state index contributed by atoms with van der Waals surface area (Å²) in [7, 11) is 0. The van der Waals surface area contributed by atoms with Crippen molar-refractivity contribution in [2.45, 2.75) is 25.8 Å². The fourth-order valence-corrected chi connectivity index (χ4v) is 1.83. The summed E-state index contributed by atoms with van der Waals surface area (Å²) in [5, 5.41) is 3.50. The van der Waals surface area contributed by atoms with Crippen molar-refractivity contribution in [1.82, 2.24) is 15.3 Å². The average Bonchev–Trinajstić information content (AvgIpc) is 2.71. The van der Waals surface area contributed by atoms with Gasteiger partial charge in [-0.05, 0) is 31.4 Å². The third-order valence-electron chi connectivity index (χ3n) is 2.17. The van der Waals surface area contributed by atoms with Crippen LogP contribution in [-0.4, -0.2) is 28.5 Å². The van der Waals surface area contributed by atoms with Gasteiger partial charge in [-0.25, -0.2) is 4.98 Å². The molecule has 3 nitrogen and oxygen atoms in total. The van der Waals surface area contributed by atoms with Crippen LogP contribution in [0.3, 0.4) is 0 Å². The molecule has 0 fully saturated rings. The molecule has 0 bridgehead atoms. The van der Waals surface area contributed by atoms with Crippen molar-refractivity contribution in [3.63, 3.8) is 0 Å². The van der Waals surface area contributed by atoms with Crippen LogP contribution in [0.15, 0.2) is 12.4 Å². The maximum atomic E-state index is 4.26. The molecule has 0 spiro atoms. The summed E-state index contributed by atoms with van der Waals surface area (Å²) in [4.78, 5) is 7.41. The first-order valence-electron chi connectivity index (χ1n) is 5.10. The van der Waals surface area contributed by atoms with Crippen molar-refractivity contribution in [1.29, 1.82) is 0 Å². The second-order valence-electron chi connectivity index (χ2n) is 3.24. The quantitative estimate of drug-likeness (QED) is 0.682. The molecular weight excluding hydrogens is 194 g/mol. The molecule has 0 aliphatic carbocycles. The predicted molar refractivity (Wildman–Crippen MR) is 62.6 cm³/mol. The van der Waals surface area contributed by atoms with Crippen LogP contribution in [-0.2, 0) is 0 Å². The second-order valence-corrected chi connectivity index (χ2v) is 4.22. The normalized spacial score (nSPS) is 13.0. The van der Waals surface area contributed by atoms with Gasteiger partial charge in [-0.3, -0.25) is 0 Å². The summed E-state index contributed by atoms with van der Waals surface area (Å²) in [6, 6.07) is 0.381. The van der Waals surface area contributed by atoms with E-state index in [1.807, 2.05) is 24.2 Å². The van der Waals surface area contributed by atoms with Gasteiger partial charge in [-0.1, -0.05) is 6.92 Å². The number of imidazole rings is 1. The van der Waals surface area contributed by atoms with Gasteiger partial charge in [0, 0.05) is 12.4 Å². The predicted octanol–water partition coefficient (Wildman–Crippen LogP) is 2.20. The molecule has 0 aromatic carbocycles. The largest absolute Gasteiger partial charge is 0.347 e. The number of aromatic nitrogens is 2. The van der Waals surface area contributed by atoms with Crippen LogP contribution < -0.4 is 5.32 Å². The van der Waals surface area contributed by atoms with Crippen molar-refractivity contribution in [2.75, 3.05) is 18.6 Å². The van der Waals surface area contributed by atoms with Crippen LogP contribution in [0.4, 0.5) is 0 Å². The second kappa shape index (κ2) is 6.90. The maximum Gasteiger partial charge on any atom is 0.123 e. The lowest BCUT2D eigenvalue weighted by Gasteiger charge is -2.13. The molecule has 0 radical (unpaired) electrons. The zero-order valence-corrected chi connectivity index (χ0v) is 9.73. The first-order chi connectivity index (χ1) is 6.88. The number of rotatable bonds is 7. The number of H-pyrrole nitrogens is 1. The minimum Gasteiger partial charge on any atom is -0.347 e. The molecule has 1 unspecified atom stereocenters. The maximum absolute atomic E-state index is 4.26. The SMILES string of the molecule is CCC(NCCCSC)c1ncc[nH]1. The first kappa shape index (κ1) is 11.6. The van der Waals surface area contributed by atoms with E-state index < -0.39 is 0 Å². The summed E-state index contributed by atoms with van der Waals surface area (Å²) in [6.45, 7) is 3.24. The first-order valence-corrected chi connectivity index (χ1v) is 6.49. The molecule has 0 aliphatic rings. The zero-order valence-electron chi connectivity index (χ0n) is 8.92. The molecule has 4 heteroatoms. The Morgan fingerprint density at radius 1 is 1.64 bits per heavy atom. The van der Waals surface area contributed by atoms with Crippen LogP contribution in [0.5, 0.6) is 0 Å². The Labute approximate surface area is 90.1 Å². The van der Waals surface area contributed by atoms with E-state index in [2.05, 4.69) is 28.5 Å². The van der Waals surface area contributed by atoms with E-state index in [0.29, 0.717) is 6.04 Å². The van der Waals surface area contributed by atoms with E-state index in [1.54, 1.807) is 0 Å². The number of nitrogens with one attached hydrogen (secondary N) is 2. The van der Waals surface area contributed by atoms with Gasteiger partial charge in [-0.2, -0.15) is 11.8 Å². The smallest absolute Gasteiger partial charge is 0.123 e. The fourth-order valence-electron chi connectivity index (χ4n) is 1.40. The zero-order chi connectivity index (χ0) is 10.2. The van der Waals surface area contributed by atoms with Gasteiger partial charge in [-0.15, -0.1) is 0 Å². The molecule has 1 heterocycles. The van der Waals surface area contributed by atoms with Crippen molar-refractivity contribution < 1.29 is 0 Å². The highest BCUT2D eigenvalue weighted by Crippen LogP contribution is 2.10. The van der Waals surface area contributed by atoms with Gasteiger partial charge in [0.05, 0.1) is 6.04 Å². The van der Waals surface area contributed by atoms with Crippen LogP contribution >= 0.6 is 11.8 Å². The number of thioether (sulfide) groups is 1. The Hall–Kier alpha value is -0.480. The van der Waals surface area contributed by atoms with Gasteiger partial charge in [0.15, 0.2) is 0 Å². The van der Waals surface area contributed by atoms with Gasteiger partial charge < -0.3 is 10.3 Å². The molecule has 0 amide bonds. The van der Waals surface area contributed by atoms with Gasteiger partial charge in [0.1, 0.15) is 5.82 Å². The van der Waals surface area contributed by atoms with E-state index in [4.69, 9.17) is 0 Å². The van der Waals surface area contributed by atoms with Crippen LogP contribution in [0.1, 0.15) is 31.6 Å². The molecule has 1 aromatic heterocycles. The fraction of sp³-hybridized carbons (Fsp3) is 0.700. The standard InChI is InChI=1S/C10H19N3S/c1-3-9(10-12-6-7-13-10)11-5-4-8-14-2/h6-7,9,11H,3-5,8H2,1-2H3,(H,12,13). The Kier molecular flexibility index (Phi) is 5.71. The molecule has 80 valence electrons. The molecule has 0 saturated carbocycles. The number of nitrogens with zero attached hydrogens (tertiary/aromatic N) is 1. The Morgan fingerprint density at radius 2 is 2.50 bits per heavy atom. The number of hydrogen-bond donors (Lipinski definition) is 2. The number of aromatic amines is 1. The van der Waals surface area contributed by atoms with Gasteiger partial charge in [0.2, 0.25) is 0 Å². The molecule has 0 aliphatic heterocycles. The lowest BCUT2D eigenvalue weighted by molar-refractivity contribution is 0.499. The van der Waals surface area contributed by atoms with Gasteiger partial charge >= 0.3 is 0 Å². The molecule has 1 rings (SSSR count). The molecule has 1 aromatic rings. The topological polar surface area (TPSA) is 40.7 Å². The van der Waals surface area contributed by atoms with E-state index in [0.717, 1.165) is 18.8 Å². The van der Waals surface area contributed by atoms with E-state index in [1.165, 1.54) is 12.2 Å². The van der Waals surface area contributed by atoms with Crippen molar-refractivity contribution in [3.8, 4) is 0 Å². The third-order valence-corrected chi connectivity index (χ3v) is 2.87. The number of hydrogen-bond acceptors (Lipinski definition) is 3. The molecular formula is C10H19N3S. The van der Waals surface area contributed by atoms with Crippen molar-refractivity contribution in [2.24, 2.45) is 0 Å². The lowest BCUT2D eigenvalue weighted by atomic mass is 10.2. The Morgan fingerprint density at radius 3 is 3.07 bits per heavy atom. The highest BCUT2D eigenvalue weighted by atomic mass is 32.2. The monoisotopic (exact) mass is 213 g/mol. The highest BCUT2D eigenvalue weighted by molar-refractivity contribution is 7.98. The Bertz CT molecular complexity index is 223. The third kappa shape index (κ3) is 3.72. The molecule has 14 heavy (non-hydrogen) atoms. The minimum atomic E-state index is 0.381. The molecule has 0 saturated heterocycles. The molecule has 2 N–H and O–H groups in total. The van der Waals surface area contributed by atoms with Gasteiger partial charge in [0.25, 0.3) is 0 Å². The summed E-state index contributed by atoms with van der Waals surface area (Å²) in [5.74, 6) is 2.28. The summed E-state index contributed by atoms with van der Waals surface area (Å²) < 4.78 is 0. The van der Waals surface area contributed by atoms with E-state index in [9.17, 15) is 0 Å².